The van der Waals surface area contributed by atoms with Gasteiger partial charge in [-0.25, -0.2) is 4.68 Å². The molecule has 0 fully saturated rings. The zero-order valence-corrected chi connectivity index (χ0v) is 11.1. The lowest BCUT2D eigenvalue weighted by Gasteiger charge is -2.10. The molecule has 0 atom stereocenters. The maximum atomic E-state index is 6.02. The van der Waals surface area contributed by atoms with Crippen LogP contribution in [0.2, 0.25) is 5.02 Å². The highest BCUT2D eigenvalue weighted by Crippen LogP contribution is 2.21. The van der Waals surface area contributed by atoms with E-state index < -0.39 is 0 Å². The van der Waals surface area contributed by atoms with Gasteiger partial charge in [0, 0.05) is 18.7 Å². The van der Waals surface area contributed by atoms with Crippen molar-refractivity contribution in [3.8, 4) is 5.69 Å². The first kappa shape index (κ1) is 13.0. The Morgan fingerprint density at radius 1 is 1.44 bits per heavy atom. The van der Waals surface area contributed by atoms with Gasteiger partial charge in [-0.1, -0.05) is 22.9 Å². The van der Waals surface area contributed by atoms with Crippen molar-refractivity contribution in [2.75, 3.05) is 7.11 Å². The summed E-state index contributed by atoms with van der Waals surface area (Å²) in [6.45, 7) is 2.73. The minimum absolute atomic E-state index is 0.332. The van der Waals surface area contributed by atoms with Crippen LogP contribution in [0, 0.1) is 6.92 Å². The Morgan fingerprint density at radius 2 is 2.22 bits per heavy atom. The number of nitrogens with zero attached hydrogens (tertiary/aromatic N) is 3. The lowest BCUT2D eigenvalue weighted by molar-refractivity contribution is 0.178. The molecule has 96 valence electrons. The van der Waals surface area contributed by atoms with E-state index in [0.29, 0.717) is 18.2 Å². The molecule has 0 saturated carbocycles. The van der Waals surface area contributed by atoms with Crippen molar-refractivity contribution in [3.05, 3.63) is 40.2 Å². The Labute approximate surface area is 111 Å². The molecule has 2 N–H and O–H groups in total. The van der Waals surface area contributed by atoms with Crippen molar-refractivity contribution in [1.29, 1.82) is 0 Å². The first-order valence-electron chi connectivity index (χ1n) is 5.56. The Bertz CT molecular complexity index is 553. The summed E-state index contributed by atoms with van der Waals surface area (Å²) in [6, 6.07) is 5.64. The minimum atomic E-state index is 0.332. The summed E-state index contributed by atoms with van der Waals surface area (Å²) in [5.74, 6) is 0. The van der Waals surface area contributed by atoms with Gasteiger partial charge in [0.25, 0.3) is 0 Å². The van der Waals surface area contributed by atoms with Crippen LogP contribution in [0.4, 0.5) is 0 Å². The van der Waals surface area contributed by atoms with Crippen LogP contribution < -0.4 is 5.73 Å². The molecule has 0 aliphatic carbocycles. The quantitative estimate of drug-likeness (QED) is 0.917. The molecule has 1 heterocycles. The zero-order chi connectivity index (χ0) is 13.1. The molecule has 0 spiro atoms. The van der Waals surface area contributed by atoms with Crippen molar-refractivity contribution >= 4 is 11.6 Å². The van der Waals surface area contributed by atoms with Gasteiger partial charge in [0.2, 0.25) is 0 Å². The molecular formula is C12H15ClN4O. The molecule has 0 radical (unpaired) electrons. The number of ether oxygens (including phenoxy) is 1. The lowest BCUT2D eigenvalue weighted by atomic mass is 10.2. The van der Waals surface area contributed by atoms with E-state index in [1.54, 1.807) is 11.8 Å². The normalized spacial score (nSPS) is 10.9. The third-order valence-electron chi connectivity index (χ3n) is 2.72. The largest absolute Gasteiger partial charge is 0.378 e. The van der Waals surface area contributed by atoms with E-state index in [0.717, 1.165) is 22.6 Å². The van der Waals surface area contributed by atoms with Crippen LogP contribution in [0.3, 0.4) is 0 Å². The van der Waals surface area contributed by atoms with Gasteiger partial charge in [-0.2, -0.15) is 0 Å². The average molecular weight is 267 g/mol. The molecule has 1 aromatic carbocycles. The van der Waals surface area contributed by atoms with Crippen molar-refractivity contribution < 1.29 is 4.74 Å². The van der Waals surface area contributed by atoms with Crippen molar-refractivity contribution in [2.24, 2.45) is 5.73 Å². The fourth-order valence-corrected chi connectivity index (χ4v) is 1.94. The SMILES string of the molecule is COCc1c(CN)nnn1-c1cc(Cl)ccc1C. The van der Waals surface area contributed by atoms with Gasteiger partial charge < -0.3 is 10.5 Å². The number of methoxy groups -OCH3 is 1. The fourth-order valence-electron chi connectivity index (χ4n) is 1.78. The molecule has 6 heteroatoms. The van der Waals surface area contributed by atoms with Crippen LogP contribution in [-0.2, 0) is 17.9 Å². The summed E-state index contributed by atoms with van der Waals surface area (Å²) in [6.07, 6.45) is 0. The number of rotatable bonds is 4. The summed E-state index contributed by atoms with van der Waals surface area (Å²) in [7, 11) is 1.63. The number of aryl methyl sites for hydroxylation is 1. The standard InChI is InChI=1S/C12H15ClN4O/c1-8-3-4-9(13)5-11(8)17-12(7-18-2)10(6-14)15-16-17/h3-5H,6-7,14H2,1-2H3. The number of nitrogens with two attached hydrogens (primary N) is 1. The summed E-state index contributed by atoms with van der Waals surface area (Å²) in [5, 5.41) is 8.85. The summed E-state index contributed by atoms with van der Waals surface area (Å²) in [5.41, 5.74) is 9.18. The van der Waals surface area contributed by atoms with E-state index in [1.807, 2.05) is 25.1 Å². The van der Waals surface area contributed by atoms with Crippen molar-refractivity contribution in [1.82, 2.24) is 15.0 Å². The highest BCUT2D eigenvalue weighted by atomic mass is 35.5. The van der Waals surface area contributed by atoms with E-state index in [4.69, 9.17) is 22.1 Å². The average Bonchev–Trinajstić information content (AvgIpc) is 2.76. The molecular weight excluding hydrogens is 252 g/mol. The topological polar surface area (TPSA) is 66.0 Å². The van der Waals surface area contributed by atoms with Crippen LogP contribution in [-0.4, -0.2) is 22.1 Å². The molecule has 0 aliphatic heterocycles. The van der Waals surface area contributed by atoms with Gasteiger partial charge in [0.15, 0.2) is 0 Å². The van der Waals surface area contributed by atoms with Gasteiger partial charge in [-0.15, -0.1) is 5.10 Å². The third-order valence-corrected chi connectivity index (χ3v) is 2.95. The van der Waals surface area contributed by atoms with Gasteiger partial charge in [0.1, 0.15) is 5.69 Å². The smallest absolute Gasteiger partial charge is 0.102 e. The molecule has 0 aliphatic rings. The third kappa shape index (κ3) is 2.38. The molecule has 2 rings (SSSR count). The number of aromatic nitrogens is 3. The molecule has 0 unspecified atom stereocenters. The monoisotopic (exact) mass is 266 g/mol. The fraction of sp³-hybridized carbons (Fsp3) is 0.333. The lowest BCUT2D eigenvalue weighted by Crippen LogP contribution is -2.08. The molecule has 2 aromatic rings. The number of benzene rings is 1. The second kappa shape index (κ2) is 5.48. The van der Waals surface area contributed by atoms with Gasteiger partial charge in [0.05, 0.1) is 18.0 Å². The summed E-state index contributed by atoms with van der Waals surface area (Å²) < 4.78 is 6.90. The van der Waals surface area contributed by atoms with Crippen LogP contribution >= 0.6 is 11.6 Å². The molecule has 0 bridgehead atoms. The van der Waals surface area contributed by atoms with Crippen molar-refractivity contribution in [2.45, 2.75) is 20.1 Å². The van der Waals surface area contributed by atoms with Gasteiger partial charge >= 0.3 is 0 Å². The van der Waals surface area contributed by atoms with Crippen molar-refractivity contribution in [3.63, 3.8) is 0 Å². The molecule has 0 amide bonds. The number of halogens is 1. The van der Waals surface area contributed by atoms with E-state index in [-0.39, 0.29) is 0 Å². The number of hydrogen-bond acceptors (Lipinski definition) is 4. The molecule has 0 saturated heterocycles. The highest BCUT2D eigenvalue weighted by Gasteiger charge is 2.14. The van der Waals surface area contributed by atoms with Gasteiger partial charge in [-0.05, 0) is 24.6 Å². The van der Waals surface area contributed by atoms with Crippen LogP contribution in [0.5, 0.6) is 0 Å². The minimum Gasteiger partial charge on any atom is -0.378 e. The Balaban J connectivity index is 2.56. The highest BCUT2D eigenvalue weighted by molar-refractivity contribution is 6.30. The van der Waals surface area contributed by atoms with Crippen LogP contribution in [0.1, 0.15) is 17.0 Å². The number of hydrogen-bond donors (Lipinski definition) is 1. The van der Waals surface area contributed by atoms with Crippen LogP contribution in [0.25, 0.3) is 5.69 Å². The first-order valence-corrected chi connectivity index (χ1v) is 5.94. The maximum Gasteiger partial charge on any atom is 0.102 e. The summed E-state index contributed by atoms with van der Waals surface area (Å²) >= 11 is 6.02. The van der Waals surface area contributed by atoms with E-state index in [2.05, 4.69) is 10.3 Å². The molecule has 5 nitrogen and oxygen atoms in total. The first-order chi connectivity index (χ1) is 8.67. The predicted octanol–water partition coefficient (Wildman–Crippen LogP) is 1.83. The van der Waals surface area contributed by atoms with E-state index in [1.165, 1.54) is 0 Å². The molecule has 18 heavy (non-hydrogen) atoms. The second-order valence-electron chi connectivity index (χ2n) is 3.96. The van der Waals surface area contributed by atoms with E-state index >= 15 is 0 Å². The Kier molecular flexibility index (Phi) is 3.96. The van der Waals surface area contributed by atoms with Gasteiger partial charge in [-0.3, -0.25) is 0 Å². The predicted molar refractivity (Wildman–Crippen MR) is 69.7 cm³/mol. The zero-order valence-electron chi connectivity index (χ0n) is 10.4. The maximum absolute atomic E-state index is 6.02. The van der Waals surface area contributed by atoms with Crippen LogP contribution in [0.15, 0.2) is 18.2 Å². The Morgan fingerprint density at radius 3 is 2.89 bits per heavy atom. The second-order valence-corrected chi connectivity index (χ2v) is 4.40. The summed E-state index contributed by atoms with van der Waals surface area (Å²) in [4.78, 5) is 0. The van der Waals surface area contributed by atoms with E-state index in [9.17, 15) is 0 Å². The Hall–Kier alpha value is -1.43. The molecule has 1 aromatic heterocycles.